The molecule has 0 spiro atoms. The number of likely N-dealkylation sites (N-methyl/N-ethyl adjacent to an activating group) is 1. The minimum atomic E-state index is -0.438. The van der Waals surface area contributed by atoms with Gasteiger partial charge in [0.05, 0.1) is 12.6 Å². The molecule has 1 amide bonds. The summed E-state index contributed by atoms with van der Waals surface area (Å²) in [5.74, 6) is 0.139. The summed E-state index contributed by atoms with van der Waals surface area (Å²) in [5, 5.41) is 13.0. The van der Waals surface area contributed by atoms with Crippen molar-refractivity contribution in [2.24, 2.45) is 0 Å². The molecule has 1 heterocycles. The second kappa shape index (κ2) is 6.04. The summed E-state index contributed by atoms with van der Waals surface area (Å²) in [6.07, 6.45) is -0.438. The van der Waals surface area contributed by atoms with Crippen LogP contribution >= 0.6 is 0 Å². The Bertz CT molecular complexity index is 444. The molecule has 0 saturated carbocycles. The van der Waals surface area contributed by atoms with E-state index in [4.69, 9.17) is 4.74 Å². The number of nitrogens with zero attached hydrogens (tertiary/aromatic N) is 1. The number of aromatic hydroxyl groups is 1. The third-order valence-corrected chi connectivity index (χ3v) is 3.52. The van der Waals surface area contributed by atoms with E-state index in [1.807, 2.05) is 19.1 Å². The molecular formula is C14H20N2O3. The smallest absolute Gasteiger partial charge is 0.253 e. The maximum absolute atomic E-state index is 12.3. The van der Waals surface area contributed by atoms with E-state index in [-0.39, 0.29) is 17.7 Å². The van der Waals surface area contributed by atoms with Crippen LogP contribution in [-0.4, -0.2) is 48.8 Å². The van der Waals surface area contributed by atoms with E-state index in [1.54, 1.807) is 24.1 Å². The minimum Gasteiger partial charge on any atom is -0.508 e. The molecule has 1 fully saturated rings. The summed E-state index contributed by atoms with van der Waals surface area (Å²) in [6.45, 7) is 3.76. The molecule has 104 valence electrons. The Morgan fingerprint density at radius 1 is 1.53 bits per heavy atom. The Morgan fingerprint density at radius 3 is 2.89 bits per heavy atom. The summed E-state index contributed by atoms with van der Waals surface area (Å²) >= 11 is 0. The van der Waals surface area contributed by atoms with Crippen LogP contribution in [0, 0.1) is 0 Å². The van der Waals surface area contributed by atoms with Gasteiger partial charge in [0.25, 0.3) is 5.91 Å². The number of phenols is 1. The molecule has 1 aliphatic rings. The number of nitrogens with one attached hydrogen (secondary N) is 1. The van der Waals surface area contributed by atoms with Crippen LogP contribution in [0.5, 0.6) is 5.75 Å². The number of phenolic OH excluding ortho intramolecular Hbond substituents is 1. The Kier molecular flexibility index (Phi) is 4.39. The average Bonchev–Trinajstić information content (AvgIpc) is 2.46. The van der Waals surface area contributed by atoms with E-state index in [9.17, 15) is 9.90 Å². The number of ether oxygens (including phenoxy) is 1. The van der Waals surface area contributed by atoms with Gasteiger partial charge in [-0.05, 0) is 13.0 Å². The third kappa shape index (κ3) is 3.05. The molecule has 2 unspecified atom stereocenters. The van der Waals surface area contributed by atoms with Crippen LogP contribution in [0.15, 0.2) is 24.3 Å². The molecule has 1 aromatic carbocycles. The fraction of sp³-hybridized carbons (Fsp3) is 0.500. The fourth-order valence-corrected chi connectivity index (χ4v) is 2.19. The van der Waals surface area contributed by atoms with Crippen molar-refractivity contribution in [2.75, 3.05) is 26.7 Å². The maximum Gasteiger partial charge on any atom is 0.253 e. The van der Waals surface area contributed by atoms with Gasteiger partial charge in [-0.15, -0.1) is 0 Å². The van der Waals surface area contributed by atoms with Gasteiger partial charge in [0, 0.05) is 25.7 Å². The Labute approximate surface area is 113 Å². The number of para-hydroxylation sites is 1. The Balaban J connectivity index is 2.08. The predicted octanol–water partition coefficient (Wildman–Crippen LogP) is 0.900. The van der Waals surface area contributed by atoms with E-state index in [2.05, 4.69) is 5.32 Å². The molecule has 2 atom stereocenters. The largest absolute Gasteiger partial charge is 0.508 e. The highest BCUT2D eigenvalue weighted by atomic mass is 16.5. The lowest BCUT2D eigenvalue weighted by molar-refractivity contribution is -0.145. The van der Waals surface area contributed by atoms with Crippen molar-refractivity contribution in [3.63, 3.8) is 0 Å². The first-order valence-electron chi connectivity index (χ1n) is 6.48. The van der Waals surface area contributed by atoms with Crippen LogP contribution in [0.4, 0.5) is 0 Å². The van der Waals surface area contributed by atoms with Crippen molar-refractivity contribution in [1.82, 2.24) is 10.2 Å². The van der Waals surface area contributed by atoms with Crippen molar-refractivity contribution in [3.8, 4) is 5.75 Å². The van der Waals surface area contributed by atoms with Gasteiger partial charge >= 0.3 is 0 Å². The fourth-order valence-electron chi connectivity index (χ4n) is 2.19. The van der Waals surface area contributed by atoms with E-state index >= 15 is 0 Å². The van der Waals surface area contributed by atoms with Gasteiger partial charge in [-0.3, -0.25) is 4.79 Å². The summed E-state index contributed by atoms with van der Waals surface area (Å²) in [6, 6.07) is 6.87. The van der Waals surface area contributed by atoms with Crippen LogP contribution in [0.1, 0.15) is 18.5 Å². The van der Waals surface area contributed by atoms with Gasteiger partial charge in [0.15, 0.2) is 0 Å². The molecule has 2 rings (SSSR count). The molecule has 0 radical (unpaired) electrons. The van der Waals surface area contributed by atoms with Gasteiger partial charge in [-0.25, -0.2) is 0 Å². The average molecular weight is 264 g/mol. The highest BCUT2D eigenvalue weighted by Crippen LogP contribution is 2.27. The van der Waals surface area contributed by atoms with Gasteiger partial charge in [-0.1, -0.05) is 18.2 Å². The van der Waals surface area contributed by atoms with Crippen LogP contribution in [0.25, 0.3) is 0 Å². The zero-order valence-electron chi connectivity index (χ0n) is 11.3. The Hall–Kier alpha value is -1.59. The van der Waals surface area contributed by atoms with E-state index < -0.39 is 6.10 Å². The molecule has 5 nitrogen and oxygen atoms in total. The summed E-state index contributed by atoms with van der Waals surface area (Å²) < 4.78 is 5.46. The molecule has 0 aliphatic carbocycles. The molecule has 1 aliphatic heterocycles. The number of carbonyl (C=O) groups is 1. The van der Waals surface area contributed by atoms with Crippen LogP contribution in [0.3, 0.4) is 0 Å². The first-order chi connectivity index (χ1) is 9.11. The maximum atomic E-state index is 12.3. The van der Waals surface area contributed by atoms with Gasteiger partial charge in [0.2, 0.25) is 0 Å². The topological polar surface area (TPSA) is 61.8 Å². The summed E-state index contributed by atoms with van der Waals surface area (Å²) in [5.41, 5.74) is 0.738. The van der Waals surface area contributed by atoms with Gasteiger partial charge in [-0.2, -0.15) is 0 Å². The SMILES string of the molecule is CC(c1ccccc1O)N(C)C(=O)C1CNCCO1. The molecular weight excluding hydrogens is 244 g/mol. The quantitative estimate of drug-likeness (QED) is 0.851. The van der Waals surface area contributed by atoms with Crippen molar-refractivity contribution in [3.05, 3.63) is 29.8 Å². The molecule has 2 N–H and O–H groups in total. The minimum absolute atomic E-state index is 0.0667. The number of morpholine rings is 1. The molecule has 19 heavy (non-hydrogen) atoms. The van der Waals surface area contributed by atoms with Crippen molar-refractivity contribution in [2.45, 2.75) is 19.1 Å². The van der Waals surface area contributed by atoms with Crippen molar-refractivity contribution in [1.29, 1.82) is 0 Å². The number of rotatable bonds is 3. The molecule has 1 saturated heterocycles. The van der Waals surface area contributed by atoms with E-state index in [1.165, 1.54) is 0 Å². The first kappa shape index (κ1) is 13.8. The zero-order valence-corrected chi connectivity index (χ0v) is 11.3. The lowest BCUT2D eigenvalue weighted by Crippen LogP contribution is -2.48. The van der Waals surface area contributed by atoms with Crippen LogP contribution in [-0.2, 0) is 9.53 Å². The lowest BCUT2D eigenvalue weighted by Gasteiger charge is -2.31. The standard InChI is InChI=1S/C14H20N2O3/c1-10(11-5-3-4-6-12(11)17)16(2)14(18)13-9-15-7-8-19-13/h3-6,10,13,15,17H,7-9H2,1-2H3. The van der Waals surface area contributed by atoms with Crippen molar-refractivity contribution >= 4 is 5.91 Å². The number of hydrogen-bond acceptors (Lipinski definition) is 4. The first-order valence-corrected chi connectivity index (χ1v) is 6.48. The number of hydrogen-bond donors (Lipinski definition) is 2. The van der Waals surface area contributed by atoms with Crippen LogP contribution < -0.4 is 5.32 Å². The normalized spacial score (nSPS) is 20.8. The second-order valence-corrected chi connectivity index (χ2v) is 4.75. The van der Waals surface area contributed by atoms with Crippen molar-refractivity contribution < 1.29 is 14.6 Å². The molecule has 0 bridgehead atoms. The monoisotopic (exact) mass is 264 g/mol. The van der Waals surface area contributed by atoms with Gasteiger partial charge < -0.3 is 20.1 Å². The number of carbonyl (C=O) groups excluding carboxylic acids is 1. The second-order valence-electron chi connectivity index (χ2n) is 4.75. The Morgan fingerprint density at radius 2 is 2.26 bits per heavy atom. The van der Waals surface area contributed by atoms with E-state index in [0.717, 1.165) is 12.1 Å². The third-order valence-electron chi connectivity index (χ3n) is 3.52. The van der Waals surface area contributed by atoms with Gasteiger partial charge in [0.1, 0.15) is 11.9 Å². The van der Waals surface area contributed by atoms with Crippen LogP contribution in [0.2, 0.25) is 0 Å². The highest BCUT2D eigenvalue weighted by Gasteiger charge is 2.28. The molecule has 1 aromatic rings. The molecule has 0 aromatic heterocycles. The summed E-state index contributed by atoms with van der Waals surface area (Å²) in [4.78, 5) is 13.9. The number of benzene rings is 1. The highest BCUT2D eigenvalue weighted by molar-refractivity contribution is 5.81. The lowest BCUT2D eigenvalue weighted by atomic mass is 10.1. The van der Waals surface area contributed by atoms with E-state index in [0.29, 0.717) is 13.2 Å². The number of amides is 1. The summed E-state index contributed by atoms with van der Waals surface area (Å²) in [7, 11) is 1.73. The molecule has 5 heteroatoms. The zero-order chi connectivity index (χ0) is 13.8. The predicted molar refractivity (Wildman–Crippen MR) is 71.9 cm³/mol.